The van der Waals surface area contributed by atoms with Gasteiger partial charge in [0.2, 0.25) is 10.0 Å². The molecule has 0 radical (unpaired) electrons. The summed E-state index contributed by atoms with van der Waals surface area (Å²) in [7, 11) is -3.77. The smallest absolute Gasteiger partial charge is 0.240 e. The molecule has 0 saturated carbocycles. The van der Waals surface area contributed by atoms with Crippen LogP contribution in [0.15, 0.2) is 39.9 Å². The number of hydrogen-bond donors (Lipinski definition) is 3. The molecular formula is C12H15N3O2S2. The first kappa shape index (κ1) is 13.9. The summed E-state index contributed by atoms with van der Waals surface area (Å²) in [4.78, 5) is -0.0544. The molecule has 0 fully saturated rings. The van der Waals surface area contributed by atoms with Gasteiger partial charge in [0.1, 0.15) is 4.90 Å². The molecule has 1 aromatic heterocycles. The van der Waals surface area contributed by atoms with Gasteiger partial charge >= 0.3 is 0 Å². The summed E-state index contributed by atoms with van der Waals surface area (Å²) in [6, 6.07) is 6.78. The van der Waals surface area contributed by atoms with Gasteiger partial charge in [0.15, 0.2) is 0 Å². The zero-order valence-electron chi connectivity index (χ0n) is 10.3. The minimum absolute atomic E-state index is 0.0544. The second-order valence-electron chi connectivity index (χ2n) is 4.22. The van der Waals surface area contributed by atoms with Gasteiger partial charge in [-0.05, 0) is 47.5 Å². The fourth-order valence-electron chi connectivity index (χ4n) is 1.75. The van der Waals surface area contributed by atoms with Crippen LogP contribution in [0.3, 0.4) is 0 Å². The van der Waals surface area contributed by atoms with Gasteiger partial charge < -0.3 is 11.1 Å². The lowest BCUT2D eigenvalue weighted by Gasteiger charge is -2.15. The normalized spacial score (nSPS) is 13.2. The van der Waals surface area contributed by atoms with Crippen LogP contribution in [-0.2, 0) is 10.0 Å². The first-order chi connectivity index (χ1) is 8.88. The average Bonchev–Trinajstić information content (AvgIpc) is 2.80. The maximum atomic E-state index is 11.3. The summed E-state index contributed by atoms with van der Waals surface area (Å²) in [5, 5.41) is 12.4. The third kappa shape index (κ3) is 3.25. The summed E-state index contributed by atoms with van der Waals surface area (Å²) in [5.74, 6) is 0. The quantitative estimate of drug-likeness (QED) is 0.753. The Morgan fingerprint density at radius 1 is 1.32 bits per heavy atom. The Bertz CT molecular complexity index is 666. The average molecular weight is 297 g/mol. The lowest BCUT2D eigenvalue weighted by Crippen LogP contribution is -2.14. The van der Waals surface area contributed by atoms with E-state index in [0.717, 1.165) is 5.69 Å². The summed E-state index contributed by atoms with van der Waals surface area (Å²) < 4.78 is 22.5. The predicted molar refractivity (Wildman–Crippen MR) is 78.6 cm³/mol. The highest BCUT2D eigenvalue weighted by molar-refractivity contribution is 7.89. The van der Waals surface area contributed by atoms with Gasteiger partial charge in [-0.15, -0.1) is 0 Å². The van der Waals surface area contributed by atoms with Gasteiger partial charge in [0, 0.05) is 11.7 Å². The Balaban J connectivity index is 2.22. The van der Waals surface area contributed by atoms with E-state index in [0.29, 0.717) is 0 Å². The number of primary sulfonamides is 1. The molecule has 0 aliphatic carbocycles. The number of nitrogens with two attached hydrogens (primary N) is 2. The highest BCUT2D eigenvalue weighted by Gasteiger charge is 2.13. The molecular weight excluding hydrogens is 282 g/mol. The number of thiophene rings is 1. The molecule has 102 valence electrons. The summed E-state index contributed by atoms with van der Waals surface area (Å²) in [6.07, 6.45) is 0. The van der Waals surface area contributed by atoms with Crippen molar-refractivity contribution in [2.75, 3.05) is 11.1 Å². The van der Waals surface area contributed by atoms with E-state index in [4.69, 9.17) is 10.9 Å². The molecule has 1 atom stereocenters. The van der Waals surface area contributed by atoms with E-state index in [1.807, 2.05) is 18.4 Å². The number of anilines is 2. The van der Waals surface area contributed by atoms with Gasteiger partial charge in [0.25, 0.3) is 0 Å². The molecule has 5 N–H and O–H groups in total. The zero-order chi connectivity index (χ0) is 14.0. The SMILES string of the molecule is CC(Nc1ccc(S(N)(=O)=O)c(N)c1)c1ccsc1. The van der Waals surface area contributed by atoms with Crippen LogP contribution >= 0.6 is 11.3 Å². The fourth-order valence-corrected chi connectivity index (χ4v) is 3.15. The molecule has 0 aliphatic heterocycles. The van der Waals surface area contributed by atoms with Crippen LogP contribution in [0.25, 0.3) is 0 Å². The van der Waals surface area contributed by atoms with Crippen molar-refractivity contribution in [2.24, 2.45) is 5.14 Å². The number of hydrogen-bond acceptors (Lipinski definition) is 5. The summed E-state index contributed by atoms with van der Waals surface area (Å²) >= 11 is 1.63. The summed E-state index contributed by atoms with van der Waals surface area (Å²) in [6.45, 7) is 2.02. The molecule has 2 rings (SSSR count). The van der Waals surface area contributed by atoms with Crippen molar-refractivity contribution in [3.63, 3.8) is 0 Å². The molecule has 0 aliphatic rings. The molecule has 1 heterocycles. The van der Waals surface area contributed by atoms with Crippen LogP contribution in [0.4, 0.5) is 11.4 Å². The van der Waals surface area contributed by atoms with Crippen LogP contribution in [0.2, 0.25) is 0 Å². The van der Waals surface area contributed by atoms with Crippen LogP contribution in [0.5, 0.6) is 0 Å². The number of nitrogen functional groups attached to an aromatic ring is 1. The first-order valence-corrected chi connectivity index (χ1v) is 8.08. The van der Waals surface area contributed by atoms with Crippen LogP contribution in [0.1, 0.15) is 18.5 Å². The highest BCUT2D eigenvalue weighted by atomic mass is 32.2. The number of nitrogens with one attached hydrogen (secondary N) is 1. The van der Waals surface area contributed by atoms with E-state index < -0.39 is 10.0 Å². The number of rotatable bonds is 4. The topological polar surface area (TPSA) is 98.2 Å². The van der Waals surface area contributed by atoms with E-state index in [-0.39, 0.29) is 16.6 Å². The highest BCUT2D eigenvalue weighted by Crippen LogP contribution is 2.25. The molecule has 0 bridgehead atoms. The first-order valence-electron chi connectivity index (χ1n) is 5.59. The van der Waals surface area contributed by atoms with Crippen molar-refractivity contribution < 1.29 is 8.42 Å². The van der Waals surface area contributed by atoms with E-state index in [2.05, 4.69) is 10.7 Å². The second-order valence-corrected chi connectivity index (χ2v) is 6.53. The Labute approximate surface area is 116 Å². The van der Waals surface area contributed by atoms with Crippen molar-refractivity contribution in [3.8, 4) is 0 Å². The van der Waals surface area contributed by atoms with E-state index in [1.54, 1.807) is 23.5 Å². The van der Waals surface area contributed by atoms with Crippen LogP contribution < -0.4 is 16.2 Å². The minimum atomic E-state index is -3.77. The molecule has 5 nitrogen and oxygen atoms in total. The molecule has 0 spiro atoms. The van der Waals surface area contributed by atoms with E-state index in [9.17, 15) is 8.42 Å². The third-order valence-corrected chi connectivity index (χ3v) is 4.43. The van der Waals surface area contributed by atoms with E-state index >= 15 is 0 Å². The van der Waals surface area contributed by atoms with E-state index in [1.165, 1.54) is 11.6 Å². The Morgan fingerprint density at radius 3 is 2.58 bits per heavy atom. The molecule has 1 aromatic carbocycles. The monoisotopic (exact) mass is 297 g/mol. The molecule has 0 amide bonds. The molecule has 7 heteroatoms. The Hall–Kier alpha value is -1.57. The predicted octanol–water partition coefficient (Wildman–Crippen LogP) is 2.15. The molecule has 2 aromatic rings. The van der Waals surface area contributed by atoms with Gasteiger partial charge in [-0.2, -0.15) is 11.3 Å². The Kier molecular flexibility index (Phi) is 3.79. The molecule has 0 saturated heterocycles. The fraction of sp³-hybridized carbons (Fsp3) is 0.167. The van der Waals surface area contributed by atoms with Gasteiger partial charge in [-0.1, -0.05) is 0 Å². The van der Waals surface area contributed by atoms with Gasteiger partial charge in [0.05, 0.1) is 5.69 Å². The third-order valence-electron chi connectivity index (χ3n) is 2.74. The van der Waals surface area contributed by atoms with Crippen molar-refractivity contribution >= 4 is 32.7 Å². The summed E-state index contributed by atoms with van der Waals surface area (Å²) in [5.41, 5.74) is 7.77. The Morgan fingerprint density at radius 2 is 2.05 bits per heavy atom. The van der Waals surface area contributed by atoms with Crippen molar-refractivity contribution in [1.29, 1.82) is 0 Å². The maximum Gasteiger partial charge on any atom is 0.240 e. The largest absolute Gasteiger partial charge is 0.398 e. The number of sulfonamides is 1. The van der Waals surface area contributed by atoms with Gasteiger partial charge in [-0.25, -0.2) is 13.6 Å². The minimum Gasteiger partial charge on any atom is -0.398 e. The van der Waals surface area contributed by atoms with Gasteiger partial charge in [-0.3, -0.25) is 0 Å². The lowest BCUT2D eigenvalue weighted by molar-refractivity contribution is 0.598. The zero-order valence-corrected chi connectivity index (χ0v) is 12.0. The number of benzene rings is 1. The van der Waals surface area contributed by atoms with Crippen molar-refractivity contribution in [3.05, 3.63) is 40.6 Å². The molecule has 19 heavy (non-hydrogen) atoms. The maximum absolute atomic E-state index is 11.3. The van der Waals surface area contributed by atoms with Crippen LogP contribution in [-0.4, -0.2) is 8.42 Å². The standard InChI is InChI=1S/C12H15N3O2S2/c1-8(9-4-5-18-7-9)15-10-2-3-12(11(13)6-10)19(14,16)17/h2-8,15H,13H2,1H3,(H2,14,16,17). The van der Waals surface area contributed by atoms with Crippen molar-refractivity contribution in [2.45, 2.75) is 17.9 Å². The lowest BCUT2D eigenvalue weighted by atomic mass is 10.1. The second kappa shape index (κ2) is 5.20. The molecule has 1 unspecified atom stereocenters. The van der Waals surface area contributed by atoms with Crippen molar-refractivity contribution in [1.82, 2.24) is 0 Å². The van der Waals surface area contributed by atoms with Crippen LogP contribution in [0, 0.1) is 0 Å².